The first-order valence-electron chi connectivity index (χ1n) is 11.0. The number of carbonyl (C=O) groups excluding carboxylic acids is 1. The summed E-state index contributed by atoms with van der Waals surface area (Å²) in [6, 6.07) is 7.85. The number of aromatic hydroxyl groups is 1. The quantitative estimate of drug-likeness (QED) is 0.823. The third-order valence-corrected chi connectivity index (χ3v) is 7.69. The van der Waals surface area contributed by atoms with Gasteiger partial charge in [0.15, 0.2) is 0 Å². The summed E-state index contributed by atoms with van der Waals surface area (Å²) < 4.78 is 0. The molecule has 1 aromatic carbocycles. The molecular formula is C24H31N3O2. The number of hydrogen-bond donors (Lipinski definition) is 2. The van der Waals surface area contributed by atoms with E-state index in [4.69, 9.17) is 0 Å². The molecular weight excluding hydrogens is 362 g/mol. The Morgan fingerprint density at radius 2 is 2.03 bits per heavy atom. The van der Waals surface area contributed by atoms with Gasteiger partial charge in [0, 0.05) is 30.7 Å². The first kappa shape index (κ1) is 18.7. The molecule has 2 N–H and O–H groups in total. The fourth-order valence-corrected chi connectivity index (χ4v) is 6.01. The first-order valence-corrected chi connectivity index (χ1v) is 11.0. The Bertz CT molecular complexity index is 944. The Balaban J connectivity index is 1.56. The molecule has 3 heterocycles. The van der Waals surface area contributed by atoms with E-state index < -0.39 is 0 Å². The molecule has 5 heteroatoms. The number of nitrogens with zero attached hydrogens (tertiary/aromatic N) is 2. The van der Waals surface area contributed by atoms with E-state index in [1.807, 2.05) is 17.0 Å². The zero-order valence-electron chi connectivity index (χ0n) is 17.5. The van der Waals surface area contributed by atoms with Gasteiger partial charge >= 0.3 is 0 Å². The summed E-state index contributed by atoms with van der Waals surface area (Å²) in [4.78, 5) is 21.1. The highest BCUT2D eigenvalue weighted by Gasteiger charge is 2.48. The third kappa shape index (κ3) is 2.98. The highest BCUT2D eigenvalue weighted by molar-refractivity contribution is 5.94. The predicted molar refractivity (Wildman–Crippen MR) is 113 cm³/mol. The standard InChI is InChI=1S/C24H31N3O2/c1-16-20-13-18-15-26(2)11-8-24(18,17-6-5-7-19(28)12-17)14-21(20)25-22(16)23(29)27-9-3-4-10-27/h5-7,12,18,25,28H,3-4,8-11,13-15H2,1-2H3. The Labute approximate surface area is 172 Å². The lowest BCUT2D eigenvalue weighted by molar-refractivity contribution is 0.0786. The number of aromatic nitrogens is 1. The molecule has 0 spiro atoms. The topological polar surface area (TPSA) is 59.6 Å². The van der Waals surface area contributed by atoms with Gasteiger partial charge in [-0.3, -0.25) is 4.79 Å². The second kappa shape index (κ2) is 6.91. The fraction of sp³-hybridized carbons (Fsp3) is 0.542. The maximum Gasteiger partial charge on any atom is 0.270 e. The van der Waals surface area contributed by atoms with Crippen LogP contribution in [0.15, 0.2) is 24.3 Å². The third-order valence-electron chi connectivity index (χ3n) is 7.69. The van der Waals surface area contributed by atoms with E-state index in [9.17, 15) is 9.90 Å². The molecule has 0 bridgehead atoms. The Morgan fingerprint density at radius 3 is 2.79 bits per heavy atom. The Kier molecular flexibility index (Phi) is 4.46. The molecule has 0 radical (unpaired) electrons. The minimum absolute atomic E-state index is 0.0174. The van der Waals surface area contributed by atoms with E-state index in [2.05, 4.69) is 29.9 Å². The molecule has 2 saturated heterocycles. The van der Waals surface area contributed by atoms with Crippen LogP contribution in [0.4, 0.5) is 0 Å². The van der Waals surface area contributed by atoms with E-state index in [1.54, 1.807) is 6.07 Å². The van der Waals surface area contributed by atoms with Crippen molar-refractivity contribution >= 4 is 5.91 Å². The summed E-state index contributed by atoms with van der Waals surface area (Å²) in [6.45, 7) is 5.98. The smallest absolute Gasteiger partial charge is 0.270 e. The number of fused-ring (bicyclic) bond motifs is 2. The predicted octanol–water partition coefficient (Wildman–Crippen LogP) is 3.25. The van der Waals surface area contributed by atoms with Crippen molar-refractivity contribution in [2.45, 2.75) is 44.4 Å². The van der Waals surface area contributed by atoms with Crippen LogP contribution in [0.5, 0.6) is 5.75 Å². The van der Waals surface area contributed by atoms with E-state index in [-0.39, 0.29) is 11.3 Å². The van der Waals surface area contributed by atoms with Gasteiger partial charge in [-0.15, -0.1) is 0 Å². The van der Waals surface area contributed by atoms with Gasteiger partial charge in [0.2, 0.25) is 0 Å². The van der Waals surface area contributed by atoms with Crippen LogP contribution < -0.4 is 0 Å². The van der Waals surface area contributed by atoms with Gasteiger partial charge in [-0.05, 0) is 87.4 Å². The van der Waals surface area contributed by atoms with Gasteiger partial charge in [0.25, 0.3) is 5.91 Å². The van der Waals surface area contributed by atoms with Gasteiger partial charge in [-0.25, -0.2) is 0 Å². The van der Waals surface area contributed by atoms with E-state index in [0.717, 1.165) is 69.5 Å². The van der Waals surface area contributed by atoms with Crippen LogP contribution in [0.25, 0.3) is 0 Å². The fourth-order valence-electron chi connectivity index (χ4n) is 6.01. The van der Waals surface area contributed by atoms with Crippen molar-refractivity contribution in [3.05, 3.63) is 52.3 Å². The number of phenols is 1. The number of likely N-dealkylation sites (tertiary alicyclic amines) is 2. The SMILES string of the molecule is Cc1c(C(=O)N2CCCC2)[nH]c2c1CC1CN(C)CCC1(c1cccc(O)c1)C2. The highest BCUT2D eigenvalue weighted by Crippen LogP contribution is 2.49. The number of carbonyl (C=O) groups is 1. The molecule has 29 heavy (non-hydrogen) atoms. The van der Waals surface area contributed by atoms with Crippen molar-refractivity contribution in [2.24, 2.45) is 5.92 Å². The van der Waals surface area contributed by atoms with Crippen molar-refractivity contribution in [3.8, 4) is 5.75 Å². The number of hydrogen-bond acceptors (Lipinski definition) is 3. The molecule has 2 unspecified atom stereocenters. The largest absolute Gasteiger partial charge is 0.508 e. The molecule has 5 nitrogen and oxygen atoms in total. The monoisotopic (exact) mass is 393 g/mol. The highest BCUT2D eigenvalue weighted by atomic mass is 16.3. The van der Waals surface area contributed by atoms with Crippen LogP contribution in [-0.2, 0) is 18.3 Å². The number of nitrogens with one attached hydrogen (secondary N) is 1. The van der Waals surface area contributed by atoms with Gasteiger partial charge in [-0.1, -0.05) is 12.1 Å². The normalized spacial score (nSPS) is 27.0. The molecule has 1 aliphatic carbocycles. The number of piperidine rings is 1. The maximum absolute atomic E-state index is 13.1. The van der Waals surface area contributed by atoms with Crippen LogP contribution >= 0.6 is 0 Å². The summed E-state index contributed by atoms with van der Waals surface area (Å²) in [6.07, 6.45) is 5.20. The second-order valence-electron chi connectivity index (χ2n) is 9.38. The van der Waals surface area contributed by atoms with Crippen LogP contribution in [0.2, 0.25) is 0 Å². The number of phenolic OH excluding ortho intramolecular Hbond substituents is 1. The summed E-state index contributed by atoms with van der Waals surface area (Å²) >= 11 is 0. The Morgan fingerprint density at radius 1 is 1.24 bits per heavy atom. The molecule has 2 aromatic rings. The molecule has 1 amide bonds. The molecule has 0 saturated carbocycles. The summed E-state index contributed by atoms with van der Waals surface area (Å²) in [5.74, 6) is 0.994. The van der Waals surface area contributed by atoms with Gasteiger partial charge in [0.1, 0.15) is 11.4 Å². The minimum Gasteiger partial charge on any atom is -0.508 e. The van der Waals surface area contributed by atoms with Crippen molar-refractivity contribution in [3.63, 3.8) is 0 Å². The number of H-pyrrole nitrogens is 1. The number of amides is 1. The van der Waals surface area contributed by atoms with Crippen LogP contribution in [-0.4, -0.2) is 59.0 Å². The molecule has 1 aromatic heterocycles. The van der Waals surface area contributed by atoms with E-state index in [0.29, 0.717) is 11.7 Å². The molecule has 2 aliphatic heterocycles. The van der Waals surface area contributed by atoms with Gasteiger partial charge in [-0.2, -0.15) is 0 Å². The van der Waals surface area contributed by atoms with Crippen molar-refractivity contribution in [1.82, 2.24) is 14.8 Å². The van der Waals surface area contributed by atoms with Crippen LogP contribution in [0.3, 0.4) is 0 Å². The average molecular weight is 394 g/mol. The molecule has 3 aliphatic rings. The number of aromatic amines is 1. The lowest BCUT2D eigenvalue weighted by Gasteiger charge is -2.50. The maximum atomic E-state index is 13.1. The summed E-state index contributed by atoms with van der Waals surface area (Å²) in [7, 11) is 2.20. The molecule has 154 valence electrons. The number of rotatable bonds is 2. The average Bonchev–Trinajstić information content (AvgIpc) is 3.35. The van der Waals surface area contributed by atoms with E-state index >= 15 is 0 Å². The van der Waals surface area contributed by atoms with Crippen LogP contribution in [0.1, 0.15) is 52.1 Å². The number of benzene rings is 1. The summed E-state index contributed by atoms with van der Waals surface area (Å²) in [5, 5.41) is 10.2. The van der Waals surface area contributed by atoms with E-state index in [1.165, 1.54) is 16.8 Å². The lowest BCUT2D eigenvalue weighted by Crippen LogP contribution is -2.52. The minimum atomic E-state index is 0.0174. The summed E-state index contributed by atoms with van der Waals surface area (Å²) in [5.41, 5.74) is 5.78. The van der Waals surface area contributed by atoms with Crippen molar-refractivity contribution in [2.75, 3.05) is 33.2 Å². The Hall–Kier alpha value is -2.27. The van der Waals surface area contributed by atoms with Gasteiger partial charge < -0.3 is 19.9 Å². The lowest BCUT2D eigenvalue weighted by atomic mass is 9.58. The van der Waals surface area contributed by atoms with Gasteiger partial charge in [0.05, 0.1) is 0 Å². The van der Waals surface area contributed by atoms with Crippen molar-refractivity contribution in [1.29, 1.82) is 0 Å². The molecule has 5 rings (SSSR count). The zero-order valence-corrected chi connectivity index (χ0v) is 17.5. The zero-order chi connectivity index (χ0) is 20.2. The second-order valence-corrected chi connectivity index (χ2v) is 9.38. The van der Waals surface area contributed by atoms with Crippen LogP contribution in [0, 0.1) is 12.8 Å². The molecule has 2 atom stereocenters. The first-order chi connectivity index (χ1) is 14.0. The molecule has 2 fully saturated rings. The van der Waals surface area contributed by atoms with Crippen molar-refractivity contribution < 1.29 is 9.90 Å².